The first-order valence-electron chi connectivity index (χ1n) is 12.0. The van der Waals surface area contributed by atoms with Crippen LogP contribution in [0, 0.1) is 6.92 Å². The second kappa shape index (κ2) is 9.83. The van der Waals surface area contributed by atoms with E-state index in [-0.39, 0.29) is 6.54 Å². The number of nitrogens with zero attached hydrogens (tertiary/aromatic N) is 4. The highest BCUT2D eigenvalue weighted by molar-refractivity contribution is 7.89. The summed E-state index contributed by atoms with van der Waals surface area (Å²) in [4.78, 5) is 12.1. The van der Waals surface area contributed by atoms with Crippen LogP contribution in [0.4, 0.5) is 5.95 Å². The molecule has 0 atom stereocenters. The Morgan fingerprint density at radius 2 is 1.66 bits per heavy atom. The largest absolute Gasteiger partial charge is 0.497 e. The highest BCUT2D eigenvalue weighted by Gasteiger charge is 2.32. The maximum Gasteiger partial charge on any atom is 0.243 e. The molecule has 0 saturated carbocycles. The molecular weight excluding hydrogens is 464 g/mol. The van der Waals surface area contributed by atoms with Crippen LogP contribution < -0.4 is 14.4 Å². The number of hydrogen-bond acceptors (Lipinski definition) is 7. The Hall–Kier alpha value is -3.17. The van der Waals surface area contributed by atoms with Crippen molar-refractivity contribution in [3.05, 3.63) is 65.4 Å². The predicted molar refractivity (Wildman–Crippen MR) is 134 cm³/mol. The lowest BCUT2D eigenvalue weighted by molar-refractivity contribution is 0.368. The minimum Gasteiger partial charge on any atom is -0.497 e. The Bertz CT molecular complexity index is 1310. The molecule has 8 nitrogen and oxygen atoms in total. The summed E-state index contributed by atoms with van der Waals surface area (Å²) in [5, 5.41) is 0. The summed E-state index contributed by atoms with van der Waals surface area (Å²) in [7, 11) is -2.05. The molecule has 0 radical (unpaired) electrons. The van der Waals surface area contributed by atoms with E-state index in [1.807, 2.05) is 37.3 Å². The lowest BCUT2D eigenvalue weighted by Gasteiger charge is -2.31. The third-order valence-electron chi connectivity index (χ3n) is 6.52. The molecule has 2 aliphatic heterocycles. The first-order chi connectivity index (χ1) is 16.9. The van der Waals surface area contributed by atoms with Crippen LogP contribution >= 0.6 is 0 Å². The summed E-state index contributed by atoms with van der Waals surface area (Å²) >= 11 is 0. The molecule has 9 heteroatoms. The predicted octanol–water partition coefficient (Wildman–Crippen LogP) is 4.32. The van der Waals surface area contributed by atoms with Crippen LogP contribution in [0.5, 0.6) is 17.4 Å². The molecule has 35 heavy (non-hydrogen) atoms. The van der Waals surface area contributed by atoms with Crippen molar-refractivity contribution in [2.24, 2.45) is 0 Å². The van der Waals surface area contributed by atoms with Gasteiger partial charge in [0.25, 0.3) is 0 Å². The van der Waals surface area contributed by atoms with Crippen molar-refractivity contribution in [2.45, 2.75) is 44.0 Å². The second-order valence-electron chi connectivity index (χ2n) is 8.98. The zero-order chi connectivity index (χ0) is 24.4. The molecule has 3 aromatic rings. The van der Waals surface area contributed by atoms with Crippen molar-refractivity contribution in [3.63, 3.8) is 0 Å². The van der Waals surface area contributed by atoms with Crippen molar-refractivity contribution in [2.75, 3.05) is 31.6 Å². The van der Waals surface area contributed by atoms with Gasteiger partial charge in [-0.25, -0.2) is 13.4 Å². The van der Waals surface area contributed by atoms with Crippen LogP contribution in [-0.2, 0) is 23.0 Å². The number of aryl methyl sites for hydroxylation is 1. The van der Waals surface area contributed by atoms with Gasteiger partial charge in [-0.15, -0.1) is 0 Å². The van der Waals surface area contributed by atoms with Crippen LogP contribution in [-0.4, -0.2) is 49.4 Å². The van der Waals surface area contributed by atoms with E-state index in [0.29, 0.717) is 41.0 Å². The average Bonchev–Trinajstić information content (AvgIpc) is 2.89. The van der Waals surface area contributed by atoms with E-state index < -0.39 is 10.0 Å². The molecule has 5 rings (SSSR count). The van der Waals surface area contributed by atoms with Gasteiger partial charge in [-0.05, 0) is 68.1 Å². The lowest BCUT2D eigenvalue weighted by atomic mass is 10.1. The van der Waals surface area contributed by atoms with Gasteiger partial charge >= 0.3 is 0 Å². The number of fused-ring (bicyclic) bond motifs is 1. The van der Waals surface area contributed by atoms with Gasteiger partial charge in [0, 0.05) is 32.6 Å². The van der Waals surface area contributed by atoms with Crippen LogP contribution in [0.25, 0.3) is 0 Å². The molecule has 0 unspecified atom stereocenters. The van der Waals surface area contributed by atoms with Gasteiger partial charge in [0.1, 0.15) is 11.5 Å². The van der Waals surface area contributed by atoms with Gasteiger partial charge < -0.3 is 14.4 Å². The molecule has 1 aromatic heterocycles. The van der Waals surface area contributed by atoms with Crippen molar-refractivity contribution in [3.8, 4) is 17.4 Å². The maximum absolute atomic E-state index is 13.4. The first-order valence-corrected chi connectivity index (χ1v) is 13.4. The lowest BCUT2D eigenvalue weighted by Crippen LogP contribution is -2.37. The molecule has 0 amide bonds. The van der Waals surface area contributed by atoms with Crippen LogP contribution in [0.2, 0.25) is 0 Å². The van der Waals surface area contributed by atoms with Gasteiger partial charge in [-0.3, -0.25) is 0 Å². The van der Waals surface area contributed by atoms with Crippen molar-refractivity contribution < 1.29 is 17.9 Å². The van der Waals surface area contributed by atoms with Crippen LogP contribution in [0.1, 0.15) is 36.1 Å². The summed E-state index contributed by atoms with van der Waals surface area (Å²) in [6.45, 7) is 4.24. The third kappa shape index (κ3) is 4.97. The Morgan fingerprint density at radius 1 is 0.914 bits per heavy atom. The van der Waals surface area contributed by atoms with Crippen molar-refractivity contribution in [1.29, 1.82) is 0 Å². The fraction of sp³-hybridized carbons (Fsp3) is 0.385. The van der Waals surface area contributed by atoms with Gasteiger partial charge in [-0.2, -0.15) is 9.29 Å². The maximum atomic E-state index is 13.4. The summed E-state index contributed by atoms with van der Waals surface area (Å²) in [5.74, 6) is 2.40. The minimum absolute atomic E-state index is 0.164. The number of methoxy groups -OCH3 is 1. The van der Waals surface area contributed by atoms with E-state index in [1.54, 1.807) is 25.3 Å². The molecule has 184 valence electrons. The molecule has 0 aliphatic carbocycles. The average molecular weight is 495 g/mol. The number of ether oxygens (including phenoxy) is 2. The van der Waals surface area contributed by atoms with Crippen LogP contribution in [0.15, 0.2) is 53.4 Å². The standard InChI is InChI=1S/C26H30N4O4S/c1-19-7-6-8-22(17-19)35(31,32)30-16-13-24-23(18-30)25(34-21-11-9-20(33-2)10-12-21)28-26(27-24)29-14-4-3-5-15-29/h6-12,17H,3-5,13-16,18H2,1-2H3. The smallest absolute Gasteiger partial charge is 0.243 e. The molecule has 2 aliphatic rings. The van der Waals surface area contributed by atoms with E-state index in [0.717, 1.165) is 42.9 Å². The molecule has 2 aromatic carbocycles. The van der Waals surface area contributed by atoms with Gasteiger partial charge in [-0.1, -0.05) is 12.1 Å². The highest BCUT2D eigenvalue weighted by atomic mass is 32.2. The molecule has 0 N–H and O–H groups in total. The quantitative estimate of drug-likeness (QED) is 0.504. The van der Waals surface area contributed by atoms with Crippen molar-refractivity contribution in [1.82, 2.24) is 14.3 Å². The van der Waals surface area contributed by atoms with E-state index in [2.05, 4.69) is 4.90 Å². The minimum atomic E-state index is -3.66. The summed E-state index contributed by atoms with van der Waals surface area (Å²) in [6, 6.07) is 14.3. The Balaban J connectivity index is 1.51. The number of hydrogen-bond donors (Lipinski definition) is 0. The topological polar surface area (TPSA) is 84.9 Å². The Labute approximate surface area is 206 Å². The zero-order valence-corrected chi connectivity index (χ0v) is 20.9. The number of benzene rings is 2. The highest BCUT2D eigenvalue weighted by Crippen LogP contribution is 2.34. The third-order valence-corrected chi connectivity index (χ3v) is 8.36. The van der Waals surface area contributed by atoms with E-state index in [4.69, 9.17) is 19.4 Å². The molecule has 0 spiro atoms. The normalized spacial score (nSPS) is 16.6. The zero-order valence-electron chi connectivity index (χ0n) is 20.1. The number of anilines is 1. The second-order valence-corrected chi connectivity index (χ2v) is 10.9. The molecular formula is C26H30N4O4S. The van der Waals surface area contributed by atoms with Crippen LogP contribution in [0.3, 0.4) is 0 Å². The van der Waals surface area contributed by atoms with E-state index >= 15 is 0 Å². The van der Waals surface area contributed by atoms with Gasteiger partial charge in [0.05, 0.1) is 23.3 Å². The SMILES string of the molecule is COc1ccc(Oc2nc(N3CCCCC3)nc3c2CN(S(=O)(=O)c2cccc(C)c2)CC3)cc1. The monoisotopic (exact) mass is 494 g/mol. The number of piperidine rings is 1. The van der Waals surface area contributed by atoms with E-state index in [9.17, 15) is 8.42 Å². The number of rotatable bonds is 6. The Morgan fingerprint density at radius 3 is 2.37 bits per heavy atom. The summed E-state index contributed by atoms with van der Waals surface area (Å²) in [6.07, 6.45) is 3.93. The Kier molecular flexibility index (Phi) is 6.62. The summed E-state index contributed by atoms with van der Waals surface area (Å²) < 4.78 is 39.8. The first kappa shape index (κ1) is 23.6. The van der Waals surface area contributed by atoms with E-state index in [1.165, 1.54) is 10.7 Å². The molecule has 1 saturated heterocycles. The molecule has 1 fully saturated rings. The summed E-state index contributed by atoms with van der Waals surface area (Å²) in [5.41, 5.74) is 2.46. The molecule has 0 bridgehead atoms. The van der Waals surface area contributed by atoms with Crippen molar-refractivity contribution >= 4 is 16.0 Å². The fourth-order valence-electron chi connectivity index (χ4n) is 4.55. The van der Waals surface area contributed by atoms with Gasteiger partial charge in [0.15, 0.2) is 0 Å². The molecule has 3 heterocycles. The fourth-order valence-corrected chi connectivity index (χ4v) is 6.07. The number of aromatic nitrogens is 2. The van der Waals surface area contributed by atoms with Gasteiger partial charge in [0.2, 0.25) is 21.9 Å². The number of sulfonamides is 1.